The van der Waals surface area contributed by atoms with Gasteiger partial charge in [0.1, 0.15) is 5.54 Å². The second-order valence-corrected chi connectivity index (χ2v) is 6.75. The summed E-state index contributed by atoms with van der Waals surface area (Å²) in [6.45, 7) is 11.4. The molecule has 1 heterocycles. The van der Waals surface area contributed by atoms with Gasteiger partial charge in [-0.15, -0.1) is 0 Å². The predicted molar refractivity (Wildman–Crippen MR) is 78.6 cm³/mol. The quantitative estimate of drug-likeness (QED) is 0.815. The number of carbonyl (C=O) groups is 2. The third-order valence-corrected chi connectivity index (χ3v) is 4.98. The first-order chi connectivity index (χ1) is 9.17. The van der Waals surface area contributed by atoms with E-state index in [0.717, 1.165) is 6.42 Å². The topological polar surface area (TPSA) is 69.6 Å². The van der Waals surface area contributed by atoms with E-state index in [1.165, 1.54) is 4.90 Å². The zero-order valence-corrected chi connectivity index (χ0v) is 13.3. The Labute approximate surface area is 121 Å². The molecule has 2 N–H and O–H groups in total. The lowest BCUT2D eigenvalue weighted by molar-refractivity contribution is -0.148. The SMILES string of the molecule is CCC1(C(=O)O)CCCN1C(=O)NCC(C)(C)C(C)C. The van der Waals surface area contributed by atoms with Crippen LogP contribution in [-0.4, -0.2) is 40.6 Å². The minimum Gasteiger partial charge on any atom is -0.479 e. The summed E-state index contributed by atoms with van der Waals surface area (Å²) in [5.74, 6) is -0.451. The normalized spacial score (nSPS) is 23.2. The van der Waals surface area contributed by atoms with Crippen molar-refractivity contribution in [3.05, 3.63) is 0 Å². The number of hydrogen-bond acceptors (Lipinski definition) is 2. The van der Waals surface area contributed by atoms with Crippen molar-refractivity contribution in [1.29, 1.82) is 0 Å². The largest absolute Gasteiger partial charge is 0.479 e. The smallest absolute Gasteiger partial charge is 0.329 e. The highest BCUT2D eigenvalue weighted by atomic mass is 16.4. The second kappa shape index (κ2) is 6.02. The maximum atomic E-state index is 12.3. The number of carbonyl (C=O) groups excluding carboxylic acids is 1. The molecule has 0 radical (unpaired) electrons. The summed E-state index contributed by atoms with van der Waals surface area (Å²) in [5.41, 5.74) is -1.03. The summed E-state index contributed by atoms with van der Waals surface area (Å²) in [7, 11) is 0. The van der Waals surface area contributed by atoms with Gasteiger partial charge in [-0.2, -0.15) is 0 Å². The monoisotopic (exact) mass is 284 g/mol. The molecule has 0 saturated carbocycles. The van der Waals surface area contributed by atoms with Gasteiger partial charge in [-0.1, -0.05) is 34.6 Å². The average Bonchev–Trinajstić information content (AvgIpc) is 2.80. The van der Waals surface area contributed by atoms with Crippen molar-refractivity contribution < 1.29 is 14.7 Å². The third kappa shape index (κ3) is 3.07. The number of carboxylic acid groups (broad SMARTS) is 1. The van der Waals surface area contributed by atoms with Crippen LogP contribution < -0.4 is 5.32 Å². The third-order valence-electron chi connectivity index (χ3n) is 4.98. The maximum Gasteiger partial charge on any atom is 0.329 e. The van der Waals surface area contributed by atoms with Crippen molar-refractivity contribution in [2.75, 3.05) is 13.1 Å². The molecule has 20 heavy (non-hydrogen) atoms. The number of nitrogens with zero attached hydrogens (tertiary/aromatic N) is 1. The highest BCUT2D eigenvalue weighted by molar-refractivity contribution is 5.87. The van der Waals surface area contributed by atoms with Gasteiger partial charge in [-0.05, 0) is 30.6 Å². The molecule has 0 bridgehead atoms. The van der Waals surface area contributed by atoms with Crippen molar-refractivity contribution in [2.45, 2.75) is 59.4 Å². The lowest BCUT2D eigenvalue weighted by Crippen LogP contribution is -2.56. The number of rotatable bonds is 5. The zero-order valence-electron chi connectivity index (χ0n) is 13.3. The Kier molecular flexibility index (Phi) is 5.05. The number of urea groups is 1. The van der Waals surface area contributed by atoms with Crippen molar-refractivity contribution in [1.82, 2.24) is 10.2 Å². The second-order valence-electron chi connectivity index (χ2n) is 6.75. The molecule has 5 heteroatoms. The standard InChI is InChI=1S/C15H28N2O3/c1-6-15(12(18)19)8-7-9-17(15)13(20)16-10-14(4,5)11(2)3/h11H,6-10H2,1-5H3,(H,16,20)(H,18,19). The van der Waals surface area contributed by atoms with Crippen LogP contribution in [0.3, 0.4) is 0 Å². The van der Waals surface area contributed by atoms with Gasteiger partial charge in [-0.25, -0.2) is 9.59 Å². The molecule has 0 aromatic heterocycles. The molecule has 0 aromatic rings. The van der Waals surface area contributed by atoms with Gasteiger partial charge in [0.25, 0.3) is 0 Å². The van der Waals surface area contributed by atoms with Crippen LogP contribution in [0.5, 0.6) is 0 Å². The molecule has 1 saturated heterocycles. The van der Waals surface area contributed by atoms with E-state index in [9.17, 15) is 14.7 Å². The van der Waals surface area contributed by atoms with Gasteiger partial charge in [0, 0.05) is 13.1 Å². The highest BCUT2D eigenvalue weighted by Crippen LogP contribution is 2.33. The molecule has 2 amide bonds. The van der Waals surface area contributed by atoms with Crippen LogP contribution in [0.1, 0.15) is 53.9 Å². The van der Waals surface area contributed by atoms with Gasteiger partial charge in [0.15, 0.2) is 0 Å². The lowest BCUT2D eigenvalue weighted by atomic mass is 9.81. The number of likely N-dealkylation sites (tertiary alicyclic amines) is 1. The number of hydrogen-bond donors (Lipinski definition) is 2. The lowest BCUT2D eigenvalue weighted by Gasteiger charge is -2.36. The van der Waals surface area contributed by atoms with E-state index >= 15 is 0 Å². The van der Waals surface area contributed by atoms with E-state index in [1.807, 2.05) is 6.92 Å². The van der Waals surface area contributed by atoms with Gasteiger partial charge >= 0.3 is 12.0 Å². The molecule has 1 rings (SSSR count). The fourth-order valence-corrected chi connectivity index (χ4v) is 2.52. The zero-order chi connectivity index (χ0) is 15.6. The van der Waals surface area contributed by atoms with E-state index in [-0.39, 0.29) is 11.4 Å². The van der Waals surface area contributed by atoms with Crippen LogP contribution in [0, 0.1) is 11.3 Å². The Morgan fingerprint density at radius 3 is 2.45 bits per heavy atom. The van der Waals surface area contributed by atoms with Crippen LogP contribution in [0.25, 0.3) is 0 Å². The van der Waals surface area contributed by atoms with Gasteiger partial charge in [-0.3, -0.25) is 0 Å². The number of amides is 2. The summed E-state index contributed by atoms with van der Waals surface area (Å²) in [6, 6.07) is -0.250. The van der Waals surface area contributed by atoms with Crippen LogP contribution >= 0.6 is 0 Å². The summed E-state index contributed by atoms with van der Waals surface area (Å²) >= 11 is 0. The summed E-state index contributed by atoms with van der Waals surface area (Å²) in [5, 5.41) is 12.4. The van der Waals surface area contributed by atoms with Crippen molar-refractivity contribution in [2.24, 2.45) is 11.3 Å². The molecule has 1 fully saturated rings. The Morgan fingerprint density at radius 1 is 1.40 bits per heavy atom. The summed E-state index contributed by atoms with van der Waals surface area (Å²) < 4.78 is 0. The molecular formula is C15H28N2O3. The van der Waals surface area contributed by atoms with E-state index in [1.54, 1.807) is 0 Å². The van der Waals surface area contributed by atoms with E-state index in [0.29, 0.717) is 31.8 Å². The maximum absolute atomic E-state index is 12.3. The van der Waals surface area contributed by atoms with Gasteiger partial charge < -0.3 is 15.3 Å². The number of aliphatic carboxylic acids is 1. The Bertz CT molecular complexity index is 379. The van der Waals surface area contributed by atoms with Crippen molar-refractivity contribution >= 4 is 12.0 Å². The number of carboxylic acids is 1. The fourth-order valence-electron chi connectivity index (χ4n) is 2.52. The Hall–Kier alpha value is -1.26. The highest BCUT2D eigenvalue weighted by Gasteiger charge is 2.48. The fraction of sp³-hybridized carbons (Fsp3) is 0.867. The minimum absolute atomic E-state index is 0.00647. The summed E-state index contributed by atoms with van der Waals surface area (Å²) in [6.07, 6.45) is 1.74. The van der Waals surface area contributed by atoms with Crippen LogP contribution in [-0.2, 0) is 4.79 Å². The molecule has 0 aromatic carbocycles. The van der Waals surface area contributed by atoms with E-state index < -0.39 is 11.5 Å². The first-order valence-corrected chi connectivity index (χ1v) is 7.46. The van der Waals surface area contributed by atoms with Crippen LogP contribution in [0.4, 0.5) is 4.79 Å². The van der Waals surface area contributed by atoms with Gasteiger partial charge in [0.2, 0.25) is 0 Å². The van der Waals surface area contributed by atoms with Crippen molar-refractivity contribution in [3.8, 4) is 0 Å². The first-order valence-electron chi connectivity index (χ1n) is 7.46. The molecule has 0 spiro atoms. The van der Waals surface area contributed by atoms with Crippen LogP contribution in [0.2, 0.25) is 0 Å². The molecule has 116 valence electrons. The Morgan fingerprint density at radius 2 is 2.00 bits per heavy atom. The first kappa shape index (κ1) is 16.8. The molecule has 5 nitrogen and oxygen atoms in total. The molecule has 0 aliphatic carbocycles. The predicted octanol–water partition coefficient (Wildman–Crippen LogP) is 2.71. The van der Waals surface area contributed by atoms with Crippen LogP contribution in [0.15, 0.2) is 0 Å². The summed E-state index contributed by atoms with van der Waals surface area (Å²) in [4.78, 5) is 25.4. The molecule has 1 aliphatic rings. The molecule has 1 atom stereocenters. The van der Waals surface area contributed by atoms with E-state index in [2.05, 4.69) is 33.0 Å². The average molecular weight is 284 g/mol. The molecular weight excluding hydrogens is 256 g/mol. The van der Waals surface area contributed by atoms with E-state index in [4.69, 9.17) is 0 Å². The molecule has 1 unspecified atom stereocenters. The number of nitrogens with one attached hydrogen (secondary N) is 1. The molecule has 1 aliphatic heterocycles. The minimum atomic E-state index is -1.02. The van der Waals surface area contributed by atoms with Crippen molar-refractivity contribution in [3.63, 3.8) is 0 Å². The van der Waals surface area contributed by atoms with Gasteiger partial charge in [0.05, 0.1) is 0 Å². The Balaban J connectivity index is 2.75.